The fourth-order valence-electron chi connectivity index (χ4n) is 5.06. The van der Waals surface area contributed by atoms with Crippen molar-refractivity contribution < 1.29 is 14.0 Å². The maximum absolute atomic E-state index is 12.8. The van der Waals surface area contributed by atoms with Gasteiger partial charge in [0.25, 0.3) is 0 Å². The average molecular weight is 424 g/mol. The van der Waals surface area contributed by atoms with Gasteiger partial charge in [-0.25, -0.2) is 0 Å². The third kappa shape index (κ3) is 5.56. The lowest BCUT2D eigenvalue weighted by atomic mass is 9.91. The molecule has 1 aromatic heterocycles. The Bertz CT molecular complexity index is 885. The number of nitrogens with zero attached hydrogens (tertiary/aromatic N) is 2. The lowest BCUT2D eigenvalue weighted by Gasteiger charge is -2.35. The minimum absolute atomic E-state index is 0.00490. The van der Waals surface area contributed by atoms with Crippen molar-refractivity contribution >= 4 is 11.8 Å². The van der Waals surface area contributed by atoms with Gasteiger partial charge in [0.15, 0.2) is 0 Å². The zero-order valence-corrected chi connectivity index (χ0v) is 18.5. The van der Waals surface area contributed by atoms with Crippen molar-refractivity contribution in [2.75, 3.05) is 19.6 Å². The normalized spacial score (nSPS) is 24.5. The van der Waals surface area contributed by atoms with Crippen LogP contribution in [0.2, 0.25) is 0 Å². The Balaban J connectivity index is 1.32. The average Bonchev–Trinajstić information content (AvgIpc) is 3.37. The Morgan fingerprint density at radius 3 is 2.48 bits per heavy atom. The van der Waals surface area contributed by atoms with Crippen LogP contribution in [0, 0.1) is 17.8 Å². The SMILES string of the molecule is C[C@@H]1C[C@H](C)CN(Cc2ccccc2CNC(=O)[C@H]2CC(=O)N(Cc3ccco3)C2)C1. The molecule has 2 fully saturated rings. The van der Waals surface area contributed by atoms with Crippen LogP contribution in [-0.2, 0) is 29.2 Å². The highest BCUT2D eigenvalue weighted by Crippen LogP contribution is 2.24. The highest BCUT2D eigenvalue weighted by Gasteiger charge is 2.34. The number of amides is 2. The van der Waals surface area contributed by atoms with Gasteiger partial charge in [-0.2, -0.15) is 0 Å². The molecule has 166 valence electrons. The number of carbonyl (C=O) groups excluding carboxylic acids is 2. The van der Waals surface area contributed by atoms with E-state index in [1.165, 1.54) is 12.0 Å². The molecule has 0 bridgehead atoms. The highest BCUT2D eigenvalue weighted by molar-refractivity contribution is 5.89. The van der Waals surface area contributed by atoms with Crippen molar-refractivity contribution in [3.8, 4) is 0 Å². The summed E-state index contributed by atoms with van der Waals surface area (Å²) in [6, 6.07) is 12.0. The first-order valence-corrected chi connectivity index (χ1v) is 11.3. The number of likely N-dealkylation sites (tertiary alicyclic amines) is 2. The summed E-state index contributed by atoms with van der Waals surface area (Å²) in [6.45, 7) is 9.18. The van der Waals surface area contributed by atoms with Gasteiger partial charge in [0.2, 0.25) is 11.8 Å². The monoisotopic (exact) mass is 423 g/mol. The molecule has 0 unspecified atom stereocenters. The number of rotatable bonds is 7. The molecule has 2 amide bonds. The first kappa shape index (κ1) is 21.6. The summed E-state index contributed by atoms with van der Waals surface area (Å²) in [5.74, 6) is 1.83. The zero-order chi connectivity index (χ0) is 21.8. The van der Waals surface area contributed by atoms with E-state index in [2.05, 4.69) is 42.3 Å². The Labute approximate surface area is 184 Å². The van der Waals surface area contributed by atoms with E-state index in [-0.39, 0.29) is 24.2 Å². The number of piperidine rings is 1. The molecule has 0 radical (unpaired) electrons. The number of hydrogen-bond donors (Lipinski definition) is 1. The second-order valence-electron chi connectivity index (χ2n) is 9.38. The third-order valence-electron chi connectivity index (χ3n) is 6.42. The first-order chi connectivity index (χ1) is 15.0. The minimum Gasteiger partial charge on any atom is -0.467 e. The van der Waals surface area contributed by atoms with Crippen molar-refractivity contribution in [3.63, 3.8) is 0 Å². The second-order valence-corrected chi connectivity index (χ2v) is 9.38. The Morgan fingerprint density at radius 1 is 1.03 bits per heavy atom. The maximum Gasteiger partial charge on any atom is 0.225 e. The van der Waals surface area contributed by atoms with Crippen LogP contribution >= 0.6 is 0 Å². The van der Waals surface area contributed by atoms with Gasteiger partial charge in [-0.15, -0.1) is 0 Å². The van der Waals surface area contributed by atoms with Crippen LogP contribution in [-0.4, -0.2) is 41.2 Å². The fraction of sp³-hybridized carbons (Fsp3) is 0.520. The number of carbonyl (C=O) groups is 2. The maximum atomic E-state index is 12.8. The molecule has 2 saturated heterocycles. The van der Waals surface area contributed by atoms with Gasteiger partial charge in [0, 0.05) is 39.1 Å². The van der Waals surface area contributed by atoms with Crippen LogP contribution in [0.15, 0.2) is 47.1 Å². The minimum atomic E-state index is -0.307. The molecule has 6 nitrogen and oxygen atoms in total. The standard InChI is InChI=1S/C25H33N3O3/c1-18-10-19(2)14-27(13-18)15-21-7-4-3-6-20(21)12-26-25(30)22-11-24(29)28(16-22)17-23-8-5-9-31-23/h3-9,18-19,22H,10-17H2,1-2H3,(H,26,30)/t18-,19+,22-/m0/s1. The van der Waals surface area contributed by atoms with Crippen molar-refractivity contribution in [1.29, 1.82) is 0 Å². The van der Waals surface area contributed by atoms with Gasteiger partial charge in [-0.1, -0.05) is 38.1 Å². The van der Waals surface area contributed by atoms with Gasteiger partial charge >= 0.3 is 0 Å². The van der Waals surface area contributed by atoms with Crippen LogP contribution in [0.5, 0.6) is 0 Å². The predicted molar refractivity (Wildman–Crippen MR) is 119 cm³/mol. The zero-order valence-electron chi connectivity index (χ0n) is 18.5. The fourth-order valence-corrected chi connectivity index (χ4v) is 5.06. The molecule has 0 saturated carbocycles. The molecule has 0 spiro atoms. The molecule has 1 N–H and O–H groups in total. The topological polar surface area (TPSA) is 65.8 Å². The van der Waals surface area contributed by atoms with Gasteiger partial charge in [0.05, 0.1) is 18.7 Å². The van der Waals surface area contributed by atoms with Gasteiger partial charge in [-0.05, 0) is 41.5 Å². The van der Waals surface area contributed by atoms with E-state index in [4.69, 9.17) is 4.42 Å². The molecule has 3 heterocycles. The molecule has 4 rings (SSSR count). The van der Waals surface area contributed by atoms with E-state index >= 15 is 0 Å². The smallest absolute Gasteiger partial charge is 0.225 e. The van der Waals surface area contributed by atoms with E-state index in [0.717, 1.165) is 42.8 Å². The van der Waals surface area contributed by atoms with E-state index in [1.54, 1.807) is 11.2 Å². The van der Waals surface area contributed by atoms with Crippen LogP contribution in [0.25, 0.3) is 0 Å². The van der Waals surface area contributed by atoms with Crippen LogP contribution < -0.4 is 5.32 Å². The number of hydrogen-bond acceptors (Lipinski definition) is 4. The summed E-state index contributed by atoms with van der Waals surface area (Å²) >= 11 is 0. The number of nitrogens with one attached hydrogen (secondary N) is 1. The lowest BCUT2D eigenvalue weighted by molar-refractivity contribution is -0.129. The summed E-state index contributed by atoms with van der Waals surface area (Å²) in [5.41, 5.74) is 2.42. The molecular formula is C25H33N3O3. The van der Waals surface area contributed by atoms with Crippen LogP contribution in [0.1, 0.15) is 43.6 Å². The predicted octanol–water partition coefficient (Wildman–Crippen LogP) is 3.42. The number of benzene rings is 1. The summed E-state index contributed by atoms with van der Waals surface area (Å²) < 4.78 is 5.34. The highest BCUT2D eigenvalue weighted by atomic mass is 16.3. The van der Waals surface area contributed by atoms with E-state index in [9.17, 15) is 9.59 Å². The van der Waals surface area contributed by atoms with Gasteiger partial charge in [-0.3, -0.25) is 14.5 Å². The summed E-state index contributed by atoms with van der Waals surface area (Å²) in [4.78, 5) is 29.3. The molecule has 0 aliphatic carbocycles. The molecule has 6 heteroatoms. The van der Waals surface area contributed by atoms with Crippen molar-refractivity contribution in [2.45, 2.75) is 46.3 Å². The number of furan rings is 1. The van der Waals surface area contributed by atoms with E-state index in [1.807, 2.05) is 18.2 Å². The summed E-state index contributed by atoms with van der Waals surface area (Å²) in [6.07, 6.45) is 3.16. The molecule has 3 atom stereocenters. The van der Waals surface area contributed by atoms with E-state index < -0.39 is 0 Å². The third-order valence-corrected chi connectivity index (χ3v) is 6.42. The molecule has 2 aliphatic heterocycles. The van der Waals surface area contributed by atoms with Crippen LogP contribution in [0.3, 0.4) is 0 Å². The second kappa shape index (κ2) is 9.69. The van der Waals surface area contributed by atoms with E-state index in [0.29, 0.717) is 19.6 Å². The van der Waals surface area contributed by atoms with Gasteiger partial charge < -0.3 is 14.6 Å². The summed E-state index contributed by atoms with van der Waals surface area (Å²) in [7, 11) is 0. The van der Waals surface area contributed by atoms with Crippen molar-refractivity contribution in [2.24, 2.45) is 17.8 Å². The molecule has 2 aromatic rings. The van der Waals surface area contributed by atoms with Gasteiger partial charge in [0.1, 0.15) is 5.76 Å². The van der Waals surface area contributed by atoms with Crippen LogP contribution in [0.4, 0.5) is 0 Å². The summed E-state index contributed by atoms with van der Waals surface area (Å²) in [5, 5.41) is 3.08. The Hall–Kier alpha value is -2.60. The first-order valence-electron chi connectivity index (χ1n) is 11.3. The molecule has 2 aliphatic rings. The molecular weight excluding hydrogens is 390 g/mol. The van der Waals surface area contributed by atoms with Crippen molar-refractivity contribution in [3.05, 3.63) is 59.5 Å². The quantitative estimate of drug-likeness (QED) is 0.741. The lowest BCUT2D eigenvalue weighted by Crippen LogP contribution is -2.38. The molecule has 1 aromatic carbocycles. The largest absolute Gasteiger partial charge is 0.467 e. The molecule has 31 heavy (non-hydrogen) atoms. The Morgan fingerprint density at radius 2 is 1.77 bits per heavy atom. The Kier molecular flexibility index (Phi) is 6.76. The van der Waals surface area contributed by atoms with Crippen molar-refractivity contribution in [1.82, 2.24) is 15.1 Å².